The number of ether oxygens (including phenoxy) is 1. The van der Waals surface area contributed by atoms with Crippen molar-refractivity contribution in [2.45, 2.75) is 76.7 Å². The molecule has 4 heterocycles. The van der Waals surface area contributed by atoms with E-state index in [4.69, 9.17) is 4.74 Å². The molecule has 0 bridgehead atoms. The van der Waals surface area contributed by atoms with Crippen LogP contribution in [0.4, 0.5) is 0 Å². The molecule has 1 aromatic carbocycles. The second-order valence-corrected chi connectivity index (χ2v) is 11.6. The summed E-state index contributed by atoms with van der Waals surface area (Å²) >= 11 is 0. The van der Waals surface area contributed by atoms with Gasteiger partial charge < -0.3 is 19.4 Å². The zero-order valence-corrected chi connectivity index (χ0v) is 22.5. The number of carboxylic acid groups (broad SMARTS) is 1. The summed E-state index contributed by atoms with van der Waals surface area (Å²) in [6, 6.07) is 10.7. The van der Waals surface area contributed by atoms with Crippen molar-refractivity contribution in [1.82, 2.24) is 14.5 Å². The van der Waals surface area contributed by atoms with Crippen LogP contribution < -0.4 is 15.3 Å². The first-order chi connectivity index (χ1) is 19.1. The molecule has 3 aromatic heterocycles. The molecule has 7 rings (SSSR count). The van der Waals surface area contributed by atoms with E-state index >= 15 is 0 Å². The molecule has 6 heteroatoms. The van der Waals surface area contributed by atoms with Crippen molar-refractivity contribution in [2.24, 2.45) is 5.92 Å². The number of aromatic carboxylic acids is 1. The molecular weight excluding hydrogens is 486 g/mol. The van der Waals surface area contributed by atoms with Gasteiger partial charge in [0.05, 0.1) is 11.1 Å². The van der Waals surface area contributed by atoms with Gasteiger partial charge >= 0.3 is 5.97 Å². The lowest BCUT2D eigenvalue weighted by molar-refractivity contribution is 0.0696. The van der Waals surface area contributed by atoms with Crippen molar-refractivity contribution >= 4 is 28.6 Å². The number of benzene rings is 1. The van der Waals surface area contributed by atoms with Crippen LogP contribution in [0.15, 0.2) is 48.9 Å². The lowest BCUT2D eigenvalue weighted by Gasteiger charge is -2.31. The number of fused-ring (bicyclic) bond motifs is 6. The van der Waals surface area contributed by atoms with Crippen LogP contribution in [-0.2, 0) is 6.61 Å². The highest BCUT2D eigenvalue weighted by Crippen LogP contribution is 2.47. The van der Waals surface area contributed by atoms with E-state index < -0.39 is 5.97 Å². The summed E-state index contributed by atoms with van der Waals surface area (Å²) in [7, 11) is 0. The average molecular weight is 522 g/mol. The fraction of sp³-hybridized carbons (Fsp3) is 0.394. The molecule has 200 valence electrons. The van der Waals surface area contributed by atoms with Crippen LogP contribution in [0.25, 0.3) is 22.7 Å². The molecule has 2 atom stereocenters. The fourth-order valence-electron chi connectivity index (χ4n) is 7.42. The summed E-state index contributed by atoms with van der Waals surface area (Å²) in [6.45, 7) is 2.80. The molecule has 3 aliphatic rings. The molecule has 0 amide bonds. The largest absolute Gasteiger partial charge is 0.488 e. The first-order valence-electron chi connectivity index (χ1n) is 14.4. The third-order valence-corrected chi connectivity index (χ3v) is 9.28. The molecule has 2 N–H and O–H groups in total. The smallest absolute Gasteiger partial charge is 0.337 e. The summed E-state index contributed by atoms with van der Waals surface area (Å²) in [5.41, 5.74) is 6.51. The van der Waals surface area contributed by atoms with Crippen molar-refractivity contribution < 1.29 is 14.6 Å². The second kappa shape index (κ2) is 9.74. The maximum atomic E-state index is 12.3. The number of nitrogens with one attached hydrogen (secondary N) is 1. The summed E-state index contributed by atoms with van der Waals surface area (Å²) in [6.07, 6.45) is 16.9. The Labute approximate surface area is 228 Å². The molecule has 39 heavy (non-hydrogen) atoms. The highest BCUT2D eigenvalue weighted by atomic mass is 16.5. The Morgan fingerprint density at radius 3 is 2.82 bits per heavy atom. The summed E-state index contributed by atoms with van der Waals surface area (Å²) in [4.78, 5) is 19.9. The van der Waals surface area contributed by atoms with Crippen LogP contribution in [0.3, 0.4) is 0 Å². The maximum absolute atomic E-state index is 12.3. The highest BCUT2D eigenvalue weighted by molar-refractivity contribution is 5.94. The first kappa shape index (κ1) is 24.3. The Balaban J connectivity index is 1.49. The second-order valence-electron chi connectivity index (χ2n) is 11.6. The zero-order valence-electron chi connectivity index (χ0n) is 22.5. The number of rotatable bonds is 5. The number of hydrogen-bond acceptors (Lipinski definition) is 3. The van der Waals surface area contributed by atoms with Gasteiger partial charge in [-0.25, -0.2) is 4.79 Å². The molecule has 1 unspecified atom stereocenters. The van der Waals surface area contributed by atoms with Crippen LogP contribution in [0.2, 0.25) is 0 Å². The van der Waals surface area contributed by atoms with Crippen molar-refractivity contribution in [2.75, 3.05) is 0 Å². The van der Waals surface area contributed by atoms with E-state index in [0.29, 0.717) is 24.0 Å². The molecule has 1 aliphatic heterocycles. The van der Waals surface area contributed by atoms with E-state index in [1.54, 1.807) is 12.4 Å². The van der Waals surface area contributed by atoms with E-state index in [1.807, 2.05) is 18.3 Å². The Bertz CT molecular complexity index is 1670. The van der Waals surface area contributed by atoms with E-state index in [1.165, 1.54) is 54.5 Å². The molecule has 2 aliphatic carbocycles. The number of aromatic nitrogens is 3. The van der Waals surface area contributed by atoms with Gasteiger partial charge in [0.15, 0.2) is 0 Å². The zero-order chi connectivity index (χ0) is 26.5. The Morgan fingerprint density at radius 1 is 1.15 bits per heavy atom. The monoisotopic (exact) mass is 521 g/mol. The number of carboxylic acids is 1. The third kappa shape index (κ3) is 4.08. The fourth-order valence-corrected chi connectivity index (χ4v) is 7.42. The highest BCUT2D eigenvalue weighted by Gasteiger charge is 2.34. The number of aromatic amines is 1. The van der Waals surface area contributed by atoms with Gasteiger partial charge in [0.1, 0.15) is 12.4 Å². The van der Waals surface area contributed by atoms with Crippen molar-refractivity contribution in [3.63, 3.8) is 0 Å². The van der Waals surface area contributed by atoms with Gasteiger partial charge in [-0.3, -0.25) is 4.98 Å². The van der Waals surface area contributed by atoms with Gasteiger partial charge in [-0.1, -0.05) is 38.3 Å². The van der Waals surface area contributed by atoms with Gasteiger partial charge in [0, 0.05) is 57.9 Å². The molecule has 2 fully saturated rings. The lowest BCUT2D eigenvalue weighted by atomic mass is 9.75. The molecule has 0 saturated heterocycles. The topological polar surface area (TPSA) is 80.1 Å². The predicted octanol–water partition coefficient (Wildman–Crippen LogP) is 6.04. The number of pyridine rings is 1. The summed E-state index contributed by atoms with van der Waals surface area (Å²) in [5, 5.41) is 13.0. The SMILES string of the molecule is CC1CCCC2=c3[nH]cc(C(=O)O)c3=Cn3c(cc4c(OCc5cccnc5)ccc(C5CCCCC5)c43)[C@H]21. The number of hydrogen-bond donors (Lipinski definition) is 2. The van der Waals surface area contributed by atoms with E-state index in [9.17, 15) is 9.90 Å². The molecule has 2 saturated carbocycles. The van der Waals surface area contributed by atoms with E-state index in [0.717, 1.165) is 46.5 Å². The van der Waals surface area contributed by atoms with Crippen LogP contribution in [0, 0.1) is 5.92 Å². The normalized spacial score (nSPS) is 21.0. The standard InChI is InChI=1S/C33H35N3O3/c1-20-7-5-11-24-30(20)28-15-25-29(39-19-21-8-6-14-34-16-21)13-12-23(22-9-3-2-4-10-22)32(25)36(28)18-27-26(33(37)38)17-35-31(24)27/h6,8,12-18,20,22,30,35H,2-5,7,9-11,19H2,1H3,(H,37,38)/t20?,30-/m0/s1. The third-order valence-electron chi connectivity index (χ3n) is 9.28. The number of carbonyl (C=O) groups is 1. The number of nitrogens with zero attached hydrogens (tertiary/aromatic N) is 2. The Hall–Kier alpha value is -3.80. The van der Waals surface area contributed by atoms with E-state index in [2.05, 4.69) is 45.9 Å². The van der Waals surface area contributed by atoms with Crippen LogP contribution >= 0.6 is 0 Å². The molecule has 0 radical (unpaired) electrons. The number of H-pyrrole nitrogens is 1. The predicted molar refractivity (Wildman–Crippen MR) is 152 cm³/mol. The van der Waals surface area contributed by atoms with Gasteiger partial charge in [0.25, 0.3) is 0 Å². The van der Waals surface area contributed by atoms with Crippen LogP contribution in [0.5, 0.6) is 5.75 Å². The lowest BCUT2D eigenvalue weighted by Crippen LogP contribution is -2.32. The van der Waals surface area contributed by atoms with Gasteiger partial charge in [-0.05, 0) is 73.3 Å². The van der Waals surface area contributed by atoms with Gasteiger partial charge in [0.2, 0.25) is 0 Å². The molecule has 0 spiro atoms. The van der Waals surface area contributed by atoms with E-state index in [-0.39, 0.29) is 5.92 Å². The molecule has 6 nitrogen and oxygen atoms in total. The minimum atomic E-state index is -0.891. The van der Waals surface area contributed by atoms with Crippen molar-refractivity contribution in [1.29, 1.82) is 0 Å². The summed E-state index contributed by atoms with van der Waals surface area (Å²) < 4.78 is 8.80. The minimum absolute atomic E-state index is 0.231. The van der Waals surface area contributed by atoms with Crippen LogP contribution in [-0.4, -0.2) is 25.6 Å². The summed E-state index contributed by atoms with van der Waals surface area (Å²) in [5.74, 6) is 1.18. The average Bonchev–Trinajstić information content (AvgIpc) is 3.52. The van der Waals surface area contributed by atoms with Gasteiger partial charge in [-0.2, -0.15) is 0 Å². The Morgan fingerprint density at radius 2 is 2.03 bits per heavy atom. The first-order valence-corrected chi connectivity index (χ1v) is 14.4. The van der Waals surface area contributed by atoms with Crippen molar-refractivity contribution in [3.05, 3.63) is 81.9 Å². The molecular formula is C33H35N3O3. The quantitative estimate of drug-likeness (QED) is 0.335. The maximum Gasteiger partial charge on any atom is 0.337 e. The Kier molecular flexibility index (Phi) is 6.06. The molecule has 4 aromatic rings. The van der Waals surface area contributed by atoms with Crippen LogP contribution in [0.1, 0.15) is 97.3 Å². The van der Waals surface area contributed by atoms with Gasteiger partial charge in [-0.15, -0.1) is 0 Å². The van der Waals surface area contributed by atoms with Crippen molar-refractivity contribution in [3.8, 4) is 5.75 Å². The minimum Gasteiger partial charge on any atom is -0.488 e.